The van der Waals surface area contributed by atoms with E-state index in [1.54, 1.807) is 11.3 Å². The molecule has 2 aromatic heterocycles. The lowest BCUT2D eigenvalue weighted by molar-refractivity contribution is 0.694. The highest BCUT2D eigenvalue weighted by atomic mass is 35.5. The zero-order valence-corrected chi connectivity index (χ0v) is 11.5. The Balaban J connectivity index is 2.46. The largest absolute Gasteiger partial charge is 0.309 e. The highest BCUT2D eigenvalue weighted by Crippen LogP contribution is 2.33. The van der Waals surface area contributed by atoms with Crippen molar-refractivity contribution >= 4 is 22.9 Å². The molecule has 17 heavy (non-hydrogen) atoms. The second kappa shape index (κ2) is 5.63. The van der Waals surface area contributed by atoms with Crippen LogP contribution in [0.15, 0.2) is 29.9 Å². The quantitative estimate of drug-likeness (QED) is 0.913. The molecule has 0 aromatic carbocycles. The highest BCUT2D eigenvalue weighted by molar-refractivity contribution is 7.10. The molecule has 2 rings (SSSR count). The molecular formula is C13H15ClN2S. The minimum absolute atomic E-state index is 0.153. The van der Waals surface area contributed by atoms with Crippen LogP contribution in [-0.2, 0) is 6.42 Å². The summed E-state index contributed by atoms with van der Waals surface area (Å²) in [5, 5.41) is 6.18. The molecule has 1 N–H and O–H groups in total. The smallest absolute Gasteiger partial charge is 0.0687 e. The van der Waals surface area contributed by atoms with Crippen molar-refractivity contribution in [2.45, 2.75) is 19.4 Å². The lowest BCUT2D eigenvalue weighted by atomic mass is 10.00. The Morgan fingerprint density at radius 1 is 1.47 bits per heavy atom. The molecule has 0 spiro atoms. The Morgan fingerprint density at radius 2 is 2.29 bits per heavy atom. The van der Waals surface area contributed by atoms with Crippen molar-refractivity contribution in [2.24, 2.45) is 0 Å². The van der Waals surface area contributed by atoms with E-state index in [0.717, 1.165) is 16.3 Å². The molecular weight excluding hydrogens is 252 g/mol. The number of hydrogen-bond donors (Lipinski definition) is 1. The number of aryl methyl sites for hydroxylation is 1. The third-order valence-corrected chi connectivity index (χ3v) is 4.25. The topological polar surface area (TPSA) is 24.9 Å². The van der Waals surface area contributed by atoms with Crippen molar-refractivity contribution in [2.75, 3.05) is 7.05 Å². The molecule has 2 aromatic rings. The highest BCUT2D eigenvalue weighted by Gasteiger charge is 2.18. The molecule has 2 heterocycles. The maximum Gasteiger partial charge on any atom is 0.0687 e. The Bertz CT molecular complexity index is 496. The van der Waals surface area contributed by atoms with E-state index in [9.17, 15) is 0 Å². The second-order valence-electron chi connectivity index (χ2n) is 3.78. The average Bonchev–Trinajstić information content (AvgIpc) is 2.78. The molecule has 2 nitrogen and oxygen atoms in total. The van der Waals surface area contributed by atoms with E-state index in [2.05, 4.69) is 23.3 Å². The van der Waals surface area contributed by atoms with Crippen molar-refractivity contribution < 1.29 is 0 Å². The average molecular weight is 267 g/mol. The van der Waals surface area contributed by atoms with Gasteiger partial charge in [0.15, 0.2) is 0 Å². The summed E-state index contributed by atoms with van der Waals surface area (Å²) in [6.07, 6.45) is 4.74. The lowest BCUT2D eigenvalue weighted by Gasteiger charge is -2.18. The van der Waals surface area contributed by atoms with Gasteiger partial charge in [-0.2, -0.15) is 0 Å². The van der Waals surface area contributed by atoms with Crippen LogP contribution in [0, 0.1) is 0 Å². The van der Waals surface area contributed by atoms with Crippen molar-refractivity contribution in [1.82, 2.24) is 10.3 Å². The van der Waals surface area contributed by atoms with Gasteiger partial charge in [0.2, 0.25) is 0 Å². The van der Waals surface area contributed by atoms with Gasteiger partial charge in [-0.05, 0) is 42.1 Å². The standard InChI is InChI=1S/C13H15ClN2S/c1-3-9-8-16-6-4-10(9)12(15-2)13-11(14)5-7-17-13/h4-8,12,15H,3H2,1-2H3. The number of hydrogen-bond acceptors (Lipinski definition) is 3. The van der Waals surface area contributed by atoms with E-state index in [-0.39, 0.29) is 6.04 Å². The maximum absolute atomic E-state index is 6.21. The summed E-state index contributed by atoms with van der Waals surface area (Å²) in [5.74, 6) is 0. The fourth-order valence-corrected chi connectivity index (χ4v) is 3.25. The van der Waals surface area contributed by atoms with Gasteiger partial charge in [0.05, 0.1) is 11.1 Å². The third kappa shape index (κ3) is 2.51. The van der Waals surface area contributed by atoms with Crippen LogP contribution in [0.25, 0.3) is 0 Å². The summed E-state index contributed by atoms with van der Waals surface area (Å²) in [6, 6.07) is 4.16. The second-order valence-corrected chi connectivity index (χ2v) is 5.14. The van der Waals surface area contributed by atoms with Gasteiger partial charge in [0.1, 0.15) is 0 Å². The molecule has 1 unspecified atom stereocenters. The van der Waals surface area contributed by atoms with E-state index >= 15 is 0 Å². The van der Waals surface area contributed by atoms with Gasteiger partial charge in [-0.1, -0.05) is 18.5 Å². The van der Waals surface area contributed by atoms with E-state index in [1.165, 1.54) is 11.1 Å². The minimum atomic E-state index is 0.153. The molecule has 90 valence electrons. The number of pyridine rings is 1. The van der Waals surface area contributed by atoms with E-state index in [1.807, 2.05) is 30.9 Å². The monoisotopic (exact) mass is 266 g/mol. The molecule has 4 heteroatoms. The summed E-state index contributed by atoms with van der Waals surface area (Å²) < 4.78 is 0. The van der Waals surface area contributed by atoms with Gasteiger partial charge < -0.3 is 5.32 Å². The fraction of sp³-hybridized carbons (Fsp3) is 0.308. The Kier molecular flexibility index (Phi) is 4.15. The molecule has 0 aliphatic heterocycles. The van der Waals surface area contributed by atoms with Crippen molar-refractivity contribution in [3.05, 3.63) is 50.9 Å². The minimum Gasteiger partial charge on any atom is -0.309 e. The summed E-state index contributed by atoms with van der Waals surface area (Å²) in [7, 11) is 1.96. The SMILES string of the molecule is CCc1cnccc1C(NC)c1sccc1Cl. The van der Waals surface area contributed by atoms with Crippen molar-refractivity contribution in [3.8, 4) is 0 Å². The van der Waals surface area contributed by atoms with Crippen molar-refractivity contribution in [3.63, 3.8) is 0 Å². The Hall–Kier alpha value is -0.900. The summed E-state index contributed by atoms with van der Waals surface area (Å²) >= 11 is 7.89. The van der Waals surface area contributed by atoms with E-state index < -0.39 is 0 Å². The lowest BCUT2D eigenvalue weighted by Crippen LogP contribution is -2.18. The molecule has 0 amide bonds. The first-order valence-electron chi connectivity index (χ1n) is 5.60. The predicted octanol–water partition coefficient (Wildman–Crippen LogP) is 3.67. The van der Waals surface area contributed by atoms with Crippen LogP contribution in [0.5, 0.6) is 0 Å². The molecule has 0 bridgehead atoms. The Morgan fingerprint density at radius 3 is 2.88 bits per heavy atom. The molecule has 0 saturated heterocycles. The first kappa shape index (κ1) is 12.6. The number of nitrogens with one attached hydrogen (secondary N) is 1. The van der Waals surface area contributed by atoms with Crippen LogP contribution in [0.4, 0.5) is 0 Å². The summed E-state index contributed by atoms with van der Waals surface area (Å²) in [4.78, 5) is 5.34. The normalized spacial score (nSPS) is 12.6. The van der Waals surface area contributed by atoms with Crippen molar-refractivity contribution in [1.29, 1.82) is 0 Å². The summed E-state index contributed by atoms with van der Waals surface area (Å²) in [5.41, 5.74) is 2.52. The van der Waals surface area contributed by atoms with Crippen LogP contribution < -0.4 is 5.32 Å². The number of halogens is 1. The van der Waals surface area contributed by atoms with Gasteiger partial charge in [0, 0.05) is 17.3 Å². The van der Waals surface area contributed by atoms with E-state index in [0.29, 0.717) is 0 Å². The fourth-order valence-electron chi connectivity index (χ4n) is 1.95. The van der Waals surface area contributed by atoms with Gasteiger partial charge in [-0.15, -0.1) is 11.3 Å². The molecule has 0 saturated carbocycles. The maximum atomic E-state index is 6.21. The predicted molar refractivity (Wildman–Crippen MR) is 73.8 cm³/mol. The molecule has 0 aliphatic rings. The van der Waals surface area contributed by atoms with Gasteiger partial charge in [-0.3, -0.25) is 4.98 Å². The molecule has 0 radical (unpaired) electrons. The van der Waals surface area contributed by atoms with Crippen LogP contribution in [0.3, 0.4) is 0 Å². The van der Waals surface area contributed by atoms with Crippen LogP contribution in [-0.4, -0.2) is 12.0 Å². The van der Waals surface area contributed by atoms with E-state index in [4.69, 9.17) is 11.6 Å². The Labute approximate surface area is 111 Å². The summed E-state index contributed by atoms with van der Waals surface area (Å²) in [6.45, 7) is 2.14. The number of thiophene rings is 1. The number of aromatic nitrogens is 1. The van der Waals surface area contributed by atoms with Crippen LogP contribution in [0.2, 0.25) is 5.02 Å². The zero-order chi connectivity index (χ0) is 12.3. The first-order chi connectivity index (χ1) is 8.27. The first-order valence-corrected chi connectivity index (χ1v) is 6.86. The third-order valence-electron chi connectivity index (χ3n) is 2.83. The number of nitrogens with zero attached hydrogens (tertiary/aromatic N) is 1. The molecule has 1 atom stereocenters. The number of rotatable bonds is 4. The van der Waals surface area contributed by atoms with Crippen LogP contribution in [0.1, 0.15) is 29.0 Å². The van der Waals surface area contributed by atoms with Gasteiger partial charge in [-0.25, -0.2) is 0 Å². The molecule has 0 aliphatic carbocycles. The zero-order valence-electron chi connectivity index (χ0n) is 9.90. The molecule has 0 fully saturated rings. The van der Waals surface area contributed by atoms with Gasteiger partial charge in [0.25, 0.3) is 0 Å². The van der Waals surface area contributed by atoms with Gasteiger partial charge >= 0.3 is 0 Å². The van der Waals surface area contributed by atoms with Crippen LogP contribution >= 0.6 is 22.9 Å².